The van der Waals surface area contributed by atoms with E-state index in [1.54, 1.807) is 11.3 Å². The van der Waals surface area contributed by atoms with E-state index in [1.165, 1.54) is 4.88 Å². The van der Waals surface area contributed by atoms with Crippen molar-refractivity contribution in [3.63, 3.8) is 0 Å². The van der Waals surface area contributed by atoms with Gasteiger partial charge in [-0.1, -0.05) is 23.7 Å². The Morgan fingerprint density at radius 3 is 3.00 bits per heavy atom. The van der Waals surface area contributed by atoms with Crippen LogP contribution in [0.2, 0.25) is 5.02 Å². The summed E-state index contributed by atoms with van der Waals surface area (Å²) in [7, 11) is 0. The summed E-state index contributed by atoms with van der Waals surface area (Å²) < 4.78 is 0. The second-order valence-electron chi connectivity index (χ2n) is 6.44. The first-order chi connectivity index (χ1) is 12.7. The number of aromatic nitrogens is 1. The van der Waals surface area contributed by atoms with E-state index in [0.29, 0.717) is 12.6 Å². The summed E-state index contributed by atoms with van der Waals surface area (Å²) >= 11 is 8.07. The number of aryl methyl sites for hydroxylation is 1. The van der Waals surface area contributed by atoms with Crippen LogP contribution in [-0.4, -0.2) is 36.6 Å². The maximum absolute atomic E-state index is 6.38. The van der Waals surface area contributed by atoms with Gasteiger partial charge >= 0.3 is 0 Å². The molecule has 0 spiro atoms. The molecule has 1 aromatic carbocycles. The number of aliphatic imine (C=N–C) groups is 1. The molecule has 1 unspecified atom stereocenters. The van der Waals surface area contributed by atoms with Crippen LogP contribution in [0.15, 0.2) is 35.5 Å². The highest BCUT2D eigenvalue weighted by Gasteiger charge is 2.22. The van der Waals surface area contributed by atoms with E-state index >= 15 is 0 Å². The molecule has 26 heavy (non-hydrogen) atoms. The summed E-state index contributed by atoms with van der Waals surface area (Å²) in [4.78, 5) is 12.7. The van der Waals surface area contributed by atoms with Gasteiger partial charge < -0.3 is 15.5 Å². The Morgan fingerprint density at radius 2 is 2.27 bits per heavy atom. The number of rotatable bonds is 5. The van der Waals surface area contributed by atoms with Crippen LogP contribution < -0.4 is 15.5 Å². The lowest BCUT2D eigenvalue weighted by atomic mass is 10.0. The molecule has 7 heteroatoms. The fraction of sp³-hybridized carbons (Fsp3) is 0.474. The lowest BCUT2D eigenvalue weighted by Gasteiger charge is -2.35. The van der Waals surface area contributed by atoms with E-state index in [9.17, 15) is 0 Å². The highest BCUT2D eigenvalue weighted by Crippen LogP contribution is 2.27. The van der Waals surface area contributed by atoms with Crippen LogP contribution in [0.5, 0.6) is 0 Å². The van der Waals surface area contributed by atoms with Gasteiger partial charge in [0, 0.05) is 36.8 Å². The topological polar surface area (TPSA) is 52.6 Å². The normalized spacial score (nSPS) is 18.0. The minimum atomic E-state index is 0.343. The summed E-state index contributed by atoms with van der Waals surface area (Å²) in [5, 5.41) is 8.78. The predicted octanol–water partition coefficient (Wildman–Crippen LogP) is 3.83. The number of hydrogen-bond acceptors (Lipinski definition) is 4. The highest BCUT2D eigenvalue weighted by molar-refractivity contribution is 7.11. The minimum Gasteiger partial charge on any atom is -0.368 e. The number of anilines is 1. The molecule has 1 saturated heterocycles. The average molecular weight is 392 g/mol. The highest BCUT2D eigenvalue weighted by atomic mass is 35.5. The van der Waals surface area contributed by atoms with E-state index in [1.807, 2.05) is 24.4 Å². The van der Waals surface area contributed by atoms with Crippen LogP contribution in [0.4, 0.5) is 5.69 Å². The SMILES string of the molecule is CCNC(=NCc1ncc(C)s1)NC1CCCN(c2ccccc2Cl)C1. The molecule has 2 heterocycles. The van der Waals surface area contributed by atoms with Crippen molar-refractivity contribution < 1.29 is 0 Å². The molecule has 0 radical (unpaired) electrons. The maximum atomic E-state index is 6.38. The molecule has 1 atom stereocenters. The molecule has 0 bridgehead atoms. The fourth-order valence-electron chi connectivity index (χ4n) is 3.16. The van der Waals surface area contributed by atoms with Crippen LogP contribution >= 0.6 is 22.9 Å². The van der Waals surface area contributed by atoms with Gasteiger partial charge in [-0.15, -0.1) is 11.3 Å². The van der Waals surface area contributed by atoms with Gasteiger partial charge in [-0.2, -0.15) is 0 Å². The fourth-order valence-corrected chi connectivity index (χ4v) is 4.12. The molecule has 2 aromatic rings. The number of thiazole rings is 1. The van der Waals surface area contributed by atoms with Crippen molar-refractivity contribution in [3.05, 3.63) is 45.4 Å². The number of nitrogens with zero attached hydrogens (tertiary/aromatic N) is 3. The molecule has 0 aliphatic carbocycles. The Bertz CT molecular complexity index is 745. The summed E-state index contributed by atoms with van der Waals surface area (Å²) in [5.74, 6) is 0.853. The summed E-state index contributed by atoms with van der Waals surface area (Å²) in [6.07, 6.45) is 4.16. The van der Waals surface area contributed by atoms with Crippen molar-refractivity contribution in [3.8, 4) is 0 Å². The first-order valence-corrected chi connectivity index (χ1v) is 10.3. The Hall–Kier alpha value is -1.79. The monoisotopic (exact) mass is 391 g/mol. The molecule has 3 rings (SSSR count). The second kappa shape index (κ2) is 9.24. The zero-order valence-corrected chi connectivity index (χ0v) is 16.9. The summed E-state index contributed by atoms with van der Waals surface area (Å²) in [6.45, 7) is 7.55. The summed E-state index contributed by atoms with van der Waals surface area (Å²) in [5.41, 5.74) is 1.11. The number of hydrogen-bond donors (Lipinski definition) is 2. The Balaban J connectivity index is 1.63. The predicted molar refractivity (Wildman–Crippen MR) is 111 cm³/mol. The molecule has 2 N–H and O–H groups in total. The van der Waals surface area contributed by atoms with E-state index in [-0.39, 0.29) is 0 Å². The van der Waals surface area contributed by atoms with Crippen molar-refractivity contribution in [2.75, 3.05) is 24.5 Å². The van der Waals surface area contributed by atoms with Crippen molar-refractivity contribution in [1.82, 2.24) is 15.6 Å². The quantitative estimate of drug-likeness (QED) is 0.600. The third-order valence-electron chi connectivity index (χ3n) is 4.34. The number of piperidine rings is 1. The molecule has 1 fully saturated rings. The van der Waals surface area contributed by atoms with E-state index in [2.05, 4.69) is 40.4 Å². The van der Waals surface area contributed by atoms with Crippen molar-refractivity contribution in [2.45, 2.75) is 39.3 Å². The van der Waals surface area contributed by atoms with Crippen molar-refractivity contribution in [2.24, 2.45) is 4.99 Å². The van der Waals surface area contributed by atoms with Gasteiger partial charge in [0.25, 0.3) is 0 Å². The van der Waals surface area contributed by atoms with Gasteiger partial charge in [-0.05, 0) is 38.8 Å². The Labute approximate surface area is 164 Å². The second-order valence-corrected chi connectivity index (χ2v) is 8.17. The van der Waals surface area contributed by atoms with Crippen LogP contribution in [0.1, 0.15) is 29.7 Å². The molecular weight excluding hydrogens is 366 g/mol. The molecule has 0 saturated carbocycles. The number of guanidine groups is 1. The lowest BCUT2D eigenvalue weighted by molar-refractivity contribution is 0.468. The van der Waals surface area contributed by atoms with Crippen LogP contribution in [0, 0.1) is 6.92 Å². The van der Waals surface area contributed by atoms with Gasteiger partial charge in [0.15, 0.2) is 5.96 Å². The Morgan fingerprint density at radius 1 is 1.42 bits per heavy atom. The minimum absolute atomic E-state index is 0.343. The van der Waals surface area contributed by atoms with E-state index in [0.717, 1.165) is 54.2 Å². The summed E-state index contributed by atoms with van der Waals surface area (Å²) in [6, 6.07) is 8.40. The smallest absolute Gasteiger partial charge is 0.191 e. The molecular formula is C19H26ClN5S. The first-order valence-electron chi connectivity index (χ1n) is 9.11. The maximum Gasteiger partial charge on any atom is 0.191 e. The molecule has 1 aliphatic heterocycles. The van der Waals surface area contributed by atoms with Crippen LogP contribution in [0.25, 0.3) is 0 Å². The molecule has 5 nitrogen and oxygen atoms in total. The average Bonchev–Trinajstić information content (AvgIpc) is 3.06. The zero-order valence-electron chi connectivity index (χ0n) is 15.3. The van der Waals surface area contributed by atoms with Crippen LogP contribution in [-0.2, 0) is 6.54 Å². The van der Waals surface area contributed by atoms with Gasteiger partial charge in [-0.25, -0.2) is 9.98 Å². The third kappa shape index (κ3) is 5.11. The lowest BCUT2D eigenvalue weighted by Crippen LogP contribution is -2.51. The van der Waals surface area contributed by atoms with Crippen molar-refractivity contribution >= 4 is 34.6 Å². The number of nitrogens with one attached hydrogen (secondary N) is 2. The van der Waals surface area contributed by atoms with Gasteiger partial charge in [-0.3, -0.25) is 0 Å². The number of halogens is 1. The third-order valence-corrected chi connectivity index (χ3v) is 5.56. The Kier molecular flexibility index (Phi) is 6.74. The first kappa shape index (κ1) is 19.0. The van der Waals surface area contributed by atoms with Gasteiger partial charge in [0.2, 0.25) is 0 Å². The molecule has 1 aromatic heterocycles. The molecule has 1 aliphatic rings. The largest absolute Gasteiger partial charge is 0.368 e. The van der Waals surface area contributed by atoms with E-state index in [4.69, 9.17) is 16.6 Å². The van der Waals surface area contributed by atoms with Gasteiger partial charge in [0.1, 0.15) is 5.01 Å². The van der Waals surface area contributed by atoms with Crippen molar-refractivity contribution in [1.29, 1.82) is 0 Å². The number of para-hydroxylation sites is 1. The standard InChI is InChI=1S/C19H26ClN5S/c1-3-21-19(23-12-18-22-11-14(2)26-18)24-15-7-6-10-25(13-15)17-9-5-4-8-16(17)20/h4-5,8-9,11,15H,3,6-7,10,12-13H2,1-2H3,(H2,21,23,24). The number of benzene rings is 1. The molecule has 0 amide bonds. The van der Waals surface area contributed by atoms with Gasteiger partial charge in [0.05, 0.1) is 17.3 Å². The molecule has 140 valence electrons. The van der Waals surface area contributed by atoms with E-state index < -0.39 is 0 Å². The zero-order chi connectivity index (χ0) is 18.4. The van der Waals surface area contributed by atoms with Crippen LogP contribution in [0.3, 0.4) is 0 Å².